The average molecular weight is 284 g/mol. The SMILES string of the molecule is CCNC(C)c1cccc(Oc2ccc(C#N)c(F)c2)c1. The van der Waals surface area contributed by atoms with E-state index in [9.17, 15) is 4.39 Å². The summed E-state index contributed by atoms with van der Waals surface area (Å²) in [4.78, 5) is 0. The number of ether oxygens (including phenoxy) is 1. The van der Waals surface area contributed by atoms with E-state index in [1.807, 2.05) is 24.3 Å². The third kappa shape index (κ3) is 3.80. The third-order valence-corrected chi connectivity index (χ3v) is 3.17. The first kappa shape index (κ1) is 15.0. The molecule has 1 N–H and O–H groups in total. The standard InChI is InChI=1S/C17H17FN2O/c1-3-20-12(2)13-5-4-6-15(9-13)21-16-8-7-14(11-19)17(18)10-16/h4-10,12,20H,3H2,1-2H3. The minimum absolute atomic E-state index is 0.0110. The van der Waals surface area contributed by atoms with Gasteiger partial charge in [0.2, 0.25) is 0 Å². The summed E-state index contributed by atoms with van der Waals surface area (Å²) in [5, 5.41) is 12.0. The quantitative estimate of drug-likeness (QED) is 0.896. The number of hydrogen-bond acceptors (Lipinski definition) is 3. The summed E-state index contributed by atoms with van der Waals surface area (Å²) >= 11 is 0. The highest BCUT2D eigenvalue weighted by Gasteiger charge is 2.07. The molecule has 0 saturated carbocycles. The molecule has 0 fully saturated rings. The van der Waals surface area contributed by atoms with Gasteiger partial charge < -0.3 is 10.1 Å². The van der Waals surface area contributed by atoms with Gasteiger partial charge in [0.25, 0.3) is 0 Å². The van der Waals surface area contributed by atoms with Crippen LogP contribution in [0.25, 0.3) is 0 Å². The van der Waals surface area contributed by atoms with Gasteiger partial charge in [-0.3, -0.25) is 0 Å². The summed E-state index contributed by atoms with van der Waals surface area (Å²) in [5.41, 5.74) is 1.11. The van der Waals surface area contributed by atoms with E-state index in [0.717, 1.165) is 12.1 Å². The van der Waals surface area contributed by atoms with E-state index in [2.05, 4.69) is 19.2 Å². The maximum atomic E-state index is 13.5. The van der Waals surface area contributed by atoms with E-state index in [1.165, 1.54) is 12.1 Å². The van der Waals surface area contributed by atoms with Gasteiger partial charge in [-0.15, -0.1) is 0 Å². The van der Waals surface area contributed by atoms with Crippen molar-refractivity contribution in [2.75, 3.05) is 6.54 Å². The molecule has 0 spiro atoms. The predicted octanol–water partition coefficient (Wildman–Crippen LogP) is 4.16. The van der Waals surface area contributed by atoms with Gasteiger partial charge >= 0.3 is 0 Å². The normalized spacial score (nSPS) is 11.7. The Morgan fingerprint density at radius 1 is 1.24 bits per heavy atom. The highest BCUT2D eigenvalue weighted by molar-refractivity contribution is 5.39. The molecular weight excluding hydrogens is 267 g/mol. The van der Waals surface area contributed by atoms with Crippen LogP contribution in [0.15, 0.2) is 42.5 Å². The molecule has 4 heteroatoms. The van der Waals surface area contributed by atoms with Crippen LogP contribution in [0.1, 0.15) is 31.0 Å². The van der Waals surface area contributed by atoms with Crippen molar-refractivity contribution in [3.05, 3.63) is 59.4 Å². The number of halogens is 1. The minimum atomic E-state index is -0.577. The average Bonchev–Trinajstić information content (AvgIpc) is 2.48. The Bertz CT molecular complexity index is 664. The number of benzene rings is 2. The number of nitrogens with zero attached hydrogens (tertiary/aromatic N) is 1. The van der Waals surface area contributed by atoms with Crippen LogP contribution in [-0.4, -0.2) is 6.54 Å². The first-order valence-corrected chi connectivity index (χ1v) is 6.85. The van der Waals surface area contributed by atoms with Crippen LogP contribution in [-0.2, 0) is 0 Å². The lowest BCUT2D eigenvalue weighted by Gasteiger charge is -2.14. The van der Waals surface area contributed by atoms with Gasteiger partial charge in [-0.25, -0.2) is 4.39 Å². The molecule has 0 aromatic heterocycles. The monoisotopic (exact) mass is 284 g/mol. The van der Waals surface area contributed by atoms with Crippen LogP contribution in [0, 0.1) is 17.1 Å². The molecular formula is C17H17FN2O. The summed E-state index contributed by atoms with van der Waals surface area (Å²) in [6.45, 7) is 5.01. The number of nitrogens with one attached hydrogen (secondary N) is 1. The second-order valence-corrected chi connectivity index (χ2v) is 4.71. The van der Waals surface area contributed by atoms with Crippen LogP contribution < -0.4 is 10.1 Å². The van der Waals surface area contributed by atoms with Crippen LogP contribution in [0.4, 0.5) is 4.39 Å². The van der Waals surface area contributed by atoms with Gasteiger partial charge in [-0.05, 0) is 43.3 Å². The van der Waals surface area contributed by atoms with E-state index in [0.29, 0.717) is 11.5 Å². The first-order chi connectivity index (χ1) is 10.1. The van der Waals surface area contributed by atoms with E-state index in [4.69, 9.17) is 10.00 Å². The minimum Gasteiger partial charge on any atom is -0.457 e. The molecule has 0 bridgehead atoms. The Labute approximate surface area is 124 Å². The van der Waals surface area contributed by atoms with Crippen molar-refractivity contribution in [1.29, 1.82) is 5.26 Å². The second kappa shape index (κ2) is 6.87. The lowest BCUT2D eigenvalue weighted by molar-refractivity contribution is 0.474. The van der Waals surface area contributed by atoms with Crippen molar-refractivity contribution < 1.29 is 9.13 Å². The Balaban J connectivity index is 2.18. The molecule has 0 aliphatic heterocycles. The maximum absolute atomic E-state index is 13.5. The fraction of sp³-hybridized carbons (Fsp3) is 0.235. The van der Waals surface area contributed by atoms with Crippen LogP contribution in [0.3, 0.4) is 0 Å². The van der Waals surface area contributed by atoms with Crippen LogP contribution in [0.5, 0.6) is 11.5 Å². The Morgan fingerprint density at radius 3 is 2.67 bits per heavy atom. The number of rotatable bonds is 5. The van der Waals surface area contributed by atoms with Crippen LogP contribution >= 0.6 is 0 Å². The topological polar surface area (TPSA) is 45.0 Å². The van der Waals surface area contributed by atoms with Gasteiger partial charge in [-0.2, -0.15) is 5.26 Å². The van der Waals surface area contributed by atoms with Gasteiger partial charge in [-0.1, -0.05) is 19.1 Å². The Hall–Kier alpha value is -2.38. The lowest BCUT2D eigenvalue weighted by Crippen LogP contribution is -2.17. The van der Waals surface area contributed by atoms with Gasteiger partial charge in [0.05, 0.1) is 5.56 Å². The summed E-state index contributed by atoms with van der Waals surface area (Å²) < 4.78 is 19.2. The molecule has 21 heavy (non-hydrogen) atoms. The number of nitriles is 1. The Morgan fingerprint density at radius 2 is 2.00 bits per heavy atom. The van der Waals surface area contributed by atoms with E-state index < -0.39 is 5.82 Å². The highest BCUT2D eigenvalue weighted by atomic mass is 19.1. The fourth-order valence-corrected chi connectivity index (χ4v) is 2.06. The molecule has 3 nitrogen and oxygen atoms in total. The zero-order valence-electron chi connectivity index (χ0n) is 12.1. The molecule has 1 unspecified atom stereocenters. The zero-order chi connectivity index (χ0) is 15.2. The predicted molar refractivity (Wildman–Crippen MR) is 79.7 cm³/mol. The molecule has 1 atom stereocenters. The fourth-order valence-electron chi connectivity index (χ4n) is 2.06. The van der Waals surface area contributed by atoms with Crippen molar-refractivity contribution in [3.8, 4) is 17.6 Å². The van der Waals surface area contributed by atoms with Crippen molar-refractivity contribution >= 4 is 0 Å². The molecule has 2 rings (SSSR count). The van der Waals surface area contributed by atoms with Crippen molar-refractivity contribution in [1.82, 2.24) is 5.32 Å². The zero-order valence-corrected chi connectivity index (χ0v) is 12.1. The van der Waals surface area contributed by atoms with Gasteiger partial charge in [0.15, 0.2) is 0 Å². The molecule has 2 aromatic rings. The highest BCUT2D eigenvalue weighted by Crippen LogP contribution is 2.25. The largest absolute Gasteiger partial charge is 0.457 e. The Kier molecular flexibility index (Phi) is 4.91. The summed E-state index contributed by atoms with van der Waals surface area (Å²) in [7, 11) is 0. The van der Waals surface area contributed by atoms with E-state index in [-0.39, 0.29) is 11.6 Å². The van der Waals surface area contributed by atoms with Crippen molar-refractivity contribution in [3.63, 3.8) is 0 Å². The summed E-state index contributed by atoms with van der Waals surface area (Å²) in [6, 6.07) is 13.9. The van der Waals surface area contributed by atoms with Gasteiger partial charge in [0.1, 0.15) is 23.4 Å². The van der Waals surface area contributed by atoms with E-state index in [1.54, 1.807) is 12.1 Å². The molecule has 0 heterocycles. The number of hydrogen-bond donors (Lipinski definition) is 1. The third-order valence-electron chi connectivity index (χ3n) is 3.17. The molecule has 0 amide bonds. The van der Waals surface area contributed by atoms with E-state index >= 15 is 0 Å². The molecule has 0 saturated heterocycles. The smallest absolute Gasteiger partial charge is 0.144 e. The lowest BCUT2D eigenvalue weighted by atomic mass is 10.1. The molecule has 2 aromatic carbocycles. The van der Waals surface area contributed by atoms with Crippen molar-refractivity contribution in [2.45, 2.75) is 19.9 Å². The van der Waals surface area contributed by atoms with Crippen molar-refractivity contribution in [2.24, 2.45) is 0 Å². The second-order valence-electron chi connectivity index (χ2n) is 4.71. The molecule has 0 aliphatic carbocycles. The van der Waals surface area contributed by atoms with Crippen LogP contribution in [0.2, 0.25) is 0 Å². The maximum Gasteiger partial charge on any atom is 0.144 e. The first-order valence-electron chi connectivity index (χ1n) is 6.85. The molecule has 108 valence electrons. The molecule has 0 radical (unpaired) electrons. The van der Waals surface area contributed by atoms with Gasteiger partial charge in [0, 0.05) is 12.1 Å². The molecule has 0 aliphatic rings. The summed E-state index contributed by atoms with van der Waals surface area (Å²) in [5.74, 6) is 0.438. The summed E-state index contributed by atoms with van der Waals surface area (Å²) in [6.07, 6.45) is 0.